The van der Waals surface area contributed by atoms with Crippen LogP contribution in [0.3, 0.4) is 0 Å². The van der Waals surface area contributed by atoms with Gasteiger partial charge in [-0.05, 0) is 37.7 Å². The summed E-state index contributed by atoms with van der Waals surface area (Å²) in [5, 5.41) is 14.8. The molecule has 1 saturated heterocycles. The predicted octanol–water partition coefficient (Wildman–Crippen LogP) is 3.93. The Kier molecular flexibility index (Phi) is 10.6. The van der Waals surface area contributed by atoms with Gasteiger partial charge >= 0.3 is 12.1 Å². The number of hydrogen-bond donors (Lipinski definition) is 3. The van der Waals surface area contributed by atoms with Gasteiger partial charge in [-0.2, -0.15) is 28.1 Å². The van der Waals surface area contributed by atoms with Crippen molar-refractivity contribution in [3.63, 3.8) is 0 Å². The lowest BCUT2D eigenvalue weighted by molar-refractivity contribution is -0.192. The number of nitrogens with zero attached hydrogens (tertiary/aromatic N) is 5. The zero-order valence-electron chi connectivity index (χ0n) is 22.9. The van der Waals surface area contributed by atoms with Gasteiger partial charge in [-0.3, -0.25) is 0 Å². The predicted molar refractivity (Wildman–Crippen MR) is 145 cm³/mol. The molecule has 0 saturated carbocycles. The lowest BCUT2D eigenvalue weighted by Crippen LogP contribution is -2.38. The number of hydrogen-bond acceptors (Lipinski definition) is 10. The number of carbonyl (C=O) groups is 1. The summed E-state index contributed by atoms with van der Waals surface area (Å²) in [4.78, 5) is 27.4. The molecule has 11 nitrogen and oxygen atoms in total. The van der Waals surface area contributed by atoms with Crippen LogP contribution in [0.5, 0.6) is 5.75 Å². The normalized spacial score (nSPS) is 17.3. The maximum absolute atomic E-state index is 10.6. The van der Waals surface area contributed by atoms with E-state index in [9.17, 15) is 13.2 Å². The third kappa shape index (κ3) is 9.52. The maximum atomic E-state index is 10.6. The number of aliphatic carboxylic acids is 1. The second-order valence-electron chi connectivity index (χ2n) is 10.5. The van der Waals surface area contributed by atoms with Crippen molar-refractivity contribution in [2.45, 2.75) is 32.5 Å². The zero-order valence-corrected chi connectivity index (χ0v) is 23.6. The van der Waals surface area contributed by atoms with Crippen LogP contribution in [-0.2, 0) is 9.53 Å². The van der Waals surface area contributed by atoms with Crippen LogP contribution in [0, 0.1) is 5.41 Å². The van der Waals surface area contributed by atoms with Gasteiger partial charge in [-0.1, -0.05) is 25.4 Å². The molecule has 1 unspecified atom stereocenters. The minimum Gasteiger partial charge on any atom is -0.493 e. The molecule has 0 spiro atoms. The van der Waals surface area contributed by atoms with E-state index >= 15 is 0 Å². The molecule has 0 bridgehead atoms. The van der Waals surface area contributed by atoms with E-state index in [1.165, 1.54) is 0 Å². The Labute approximate surface area is 236 Å². The van der Waals surface area contributed by atoms with Crippen molar-refractivity contribution in [3.05, 3.63) is 28.8 Å². The molecule has 2 aromatic rings. The Bertz CT molecular complexity index is 1150. The van der Waals surface area contributed by atoms with Gasteiger partial charge in [-0.25, -0.2) is 4.79 Å². The number of benzene rings is 1. The number of nitrogens with one attached hydrogen (secondary N) is 2. The third-order valence-corrected chi connectivity index (χ3v) is 6.18. The molecular formula is C25H35ClF3N7O4. The van der Waals surface area contributed by atoms with Gasteiger partial charge < -0.3 is 35.0 Å². The monoisotopic (exact) mass is 589 g/mol. The number of anilines is 3. The van der Waals surface area contributed by atoms with Crippen LogP contribution in [0.25, 0.3) is 0 Å². The molecule has 15 heteroatoms. The molecular weight excluding hydrogens is 555 g/mol. The van der Waals surface area contributed by atoms with E-state index in [1.54, 1.807) is 0 Å². The van der Waals surface area contributed by atoms with Gasteiger partial charge in [0.2, 0.25) is 17.8 Å². The average Bonchev–Trinajstić information content (AvgIpc) is 2.87. The SMILES string of the molecule is CN(C)CC(C)(C)CNc1nc(NC2CCOc3ccc(Cl)cc32)nc(N2CCOCC2)n1.O=C(O)C(F)(F)F. The van der Waals surface area contributed by atoms with E-state index < -0.39 is 12.1 Å². The molecule has 3 heterocycles. The highest BCUT2D eigenvalue weighted by atomic mass is 35.5. The second kappa shape index (κ2) is 13.5. The molecule has 0 radical (unpaired) electrons. The topological polar surface area (TPSA) is 125 Å². The molecule has 3 N–H and O–H groups in total. The van der Waals surface area contributed by atoms with Crippen LogP contribution in [0.2, 0.25) is 5.02 Å². The molecule has 40 heavy (non-hydrogen) atoms. The molecule has 1 aromatic heterocycles. The number of morpholine rings is 1. The van der Waals surface area contributed by atoms with Crippen molar-refractivity contribution in [1.29, 1.82) is 0 Å². The number of alkyl halides is 3. The summed E-state index contributed by atoms with van der Waals surface area (Å²) in [6, 6.07) is 5.71. The van der Waals surface area contributed by atoms with Crippen molar-refractivity contribution >= 4 is 35.4 Å². The molecule has 1 fully saturated rings. The highest BCUT2D eigenvalue weighted by Crippen LogP contribution is 2.36. The van der Waals surface area contributed by atoms with Crippen molar-refractivity contribution in [2.24, 2.45) is 5.41 Å². The summed E-state index contributed by atoms with van der Waals surface area (Å²) in [6.07, 6.45) is -4.29. The lowest BCUT2D eigenvalue weighted by Gasteiger charge is -2.30. The van der Waals surface area contributed by atoms with Crippen LogP contribution >= 0.6 is 11.6 Å². The molecule has 4 rings (SSSR count). The van der Waals surface area contributed by atoms with E-state index in [2.05, 4.69) is 48.4 Å². The summed E-state index contributed by atoms with van der Waals surface area (Å²) in [6.45, 7) is 9.61. The first-order valence-corrected chi connectivity index (χ1v) is 13.1. The van der Waals surface area contributed by atoms with Crippen LogP contribution in [0.4, 0.5) is 31.0 Å². The van der Waals surface area contributed by atoms with Crippen LogP contribution in [-0.4, -0.2) is 97.2 Å². The number of rotatable bonds is 8. The fraction of sp³-hybridized carbons (Fsp3) is 0.600. The van der Waals surface area contributed by atoms with Crippen molar-refractivity contribution in [3.8, 4) is 5.75 Å². The van der Waals surface area contributed by atoms with Crippen molar-refractivity contribution in [1.82, 2.24) is 19.9 Å². The van der Waals surface area contributed by atoms with Crippen LogP contribution < -0.4 is 20.3 Å². The van der Waals surface area contributed by atoms with E-state index in [0.717, 1.165) is 43.9 Å². The average molecular weight is 590 g/mol. The molecule has 222 valence electrons. The summed E-state index contributed by atoms with van der Waals surface area (Å²) in [7, 11) is 4.17. The molecule has 2 aliphatic rings. The molecule has 2 aliphatic heterocycles. The van der Waals surface area contributed by atoms with Gasteiger partial charge in [0, 0.05) is 43.2 Å². The number of carboxylic acid groups (broad SMARTS) is 1. The van der Waals surface area contributed by atoms with Gasteiger partial charge in [0.15, 0.2) is 0 Å². The summed E-state index contributed by atoms with van der Waals surface area (Å²) in [5.74, 6) is -0.152. The Morgan fingerprint density at radius 2 is 1.80 bits per heavy atom. The quantitative estimate of drug-likeness (QED) is 0.415. The number of halogens is 4. The van der Waals surface area contributed by atoms with E-state index in [0.29, 0.717) is 42.7 Å². The smallest absolute Gasteiger partial charge is 0.490 e. The Morgan fingerprint density at radius 1 is 1.15 bits per heavy atom. The van der Waals surface area contributed by atoms with Gasteiger partial charge in [0.1, 0.15) is 5.75 Å². The fourth-order valence-electron chi connectivity index (χ4n) is 4.31. The van der Waals surface area contributed by atoms with E-state index in [-0.39, 0.29) is 11.5 Å². The van der Waals surface area contributed by atoms with Crippen LogP contribution in [0.15, 0.2) is 18.2 Å². The minimum atomic E-state index is -5.08. The van der Waals surface area contributed by atoms with Crippen LogP contribution in [0.1, 0.15) is 31.9 Å². The summed E-state index contributed by atoms with van der Waals surface area (Å²) >= 11 is 6.26. The molecule has 0 aliphatic carbocycles. The maximum Gasteiger partial charge on any atom is 0.490 e. The Hall–Kier alpha value is -3.10. The highest BCUT2D eigenvalue weighted by molar-refractivity contribution is 6.30. The summed E-state index contributed by atoms with van der Waals surface area (Å²) in [5.41, 5.74) is 1.07. The second-order valence-corrected chi connectivity index (χ2v) is 10.9. The van der Waals surface area contributed by atoms with Gasteiger partial charge in [0.05, 0.1) is 25.9 Å². The van der Waals surface area contributed by atoms with E-state index in [4.69, 9.17) is 45.9 Å². The first kappa shape index (κ1) is 31.4. The third-order valence-electron chi connectivity index (χ3n) is 5.94. The molecule has 1 atom stereocenters. The number of carboxylic acids is 1. The first-order valence-electron chi connectivity index (χ1n) is 12.7. The van der Waals surface area contributed by atoms with Gasteiger partial charge in [-0.15, -0.1) is 0 Å². The highest BCUT2D eigenvalue weighted by Gasteiger charge is 2.38. The van der Waals surface area contributed by atoms with Crippen molar-refractivity contribution in [2.75, 3.05) is 75.6 Å². The van der Waals surface area contributed by atoms with Crippen molar-refractivity contribution < 1.29 is 32.5 Å². The van der Waals surface area contributed by atoms with E-state index in [1.807, 2.05) is 18.2 Å². The fourth-order valence-corrected chi connectivity index (χ4v) is 4.50. The first-order chi connectivity index (χ1) is 18.7. The molecule has 1 aromatic carbocycles. The number of fused-ring (bicyclic) bond motifs is 1. The Morgan fingerprint density at radius 3 is 2.42 bits per heavy atom. The standard InChI is InChI=1S/C23H34ClN7O2.C2HF3O2/c1-23(2,15-30(3)4)14-25-20-27-21(29-22(28-20)31-8-11-32-12-9-31)26-18-7-10-33-19-6-5-16(24)13-17(18)19;3-2(4,5)1(6)7/h5-6,13,18H,7-12,14-15H2,1-4H3,(H2,25,26,27,28,29);(H,6,7). The number of aromatic nitrogens is 3. The van der Waals surface area contributed by atoms with Gasteiger partial charge in [0.25, 0.3) is 0 Å². The zero-order chi connectivity index (χ0) is 29.5. The Balaban J connectivity index is 0.000000559. The lowest BCUT2D eigenvalue weighted by atomic mass is 9.93. The molecule has 0 amide bonds. The largest absolute Gasteiger partial charge is 0.493 e. The minimum absolute atomic E-state index is 0.00502. The summed E-state index contributed by atoms with van der Waals surface area (Å²) < 4.78 is 43.0. The number of ether oxygens (including phenoxy) is 2.